The van der Waals surface area contributed by atoms with Crippen LogP contribution in [0.15, 0.2) is 24.3 Å². The molecule has 1 aliphatic rings. The van der Waals surface area contributed by atoms with E-state index in [2.05, 4.69) is 4.90 Å². The fourth-order valence-electron chi connectivity index (χ4n) is 4.46. The molecule has 212 valence electrons. The molecule has 0 radical (unpaired) electrons. The molecule has 1 saturated heterocycles. The van der Waals surface area contributed by atoms with Gasteiger partial charge in [0.05, 0.1) is 5.92 Å². The summed E-state index contributed by atoms with van der Waals surface area (Å²) in [6.07, 6.45) is -0.147. The third kappa shape index (κ3) is 8.39. The number of carbonyl (C=O) groups excluding carboxylic acids is 1. The summed E-state index contributed by atoms with van der Waals surface area (Å²) in [7, 11) is -10.9. The molecule has 2 rings (SSSR count). The number of hydrogen-bond acceptors (Lipinski definition) is 6. The Morgan fingerprint density at radius 1 is 1.00 bits per heavy atom. The van der Waals surface area contributed by atoms with Crippen LogP contribution in [0.25, 0.3) is 0 Å². The van der Waals surface area contributed by atoms with Gasteiger partial charge in [0.25, 0.3) is 5.08 Å². The third-order valence-corrected chi connectivity index (χ3v) is 10.9. The maximum absolute atomic E-state index is 13.3. The Bertz CT molecular complexity index is 939. The van der Waals surface area contributed by atoms with Gasteiger partial charge in [-0.05, 0) is 37.1 Å². The number of halogens is 2. The average molecular weight is 604 g/mol. The highest BCUT2D eigenvalue weighted by atomic mass is 35.5. The monoisotopic (exact) mass is 603 g/mol. The molecular formula is C22H37Cl2N3O8P2. The van der Waals surface area contributed by atoms with E-state index in [4.69, 9.17) is 23.2 Å². The first-order chi connectivity index (χ1) is 17.3. The van der Waals surface area contributed by atoms with Gasteiger partial charge >= 0.3 is 15.2 Å². The number of nitrogens with zero attached hydrogens (tertiary/aromatic N) is 3. The second-order valence-electron chi connectivity index (χ2n) is 9.05. The standard InChI is InChI=1S/C22H37Cl2N3O8P2/c1-2-20(18-4-6-19(7-5-18)26(12-9-23)13-10-24)21(28)27-16-14-25(15-17-27)11-3-8-22(29,36(30,31)32)37(33,34)35/h4-7,20,29H,2-3,8-17H2,1H3,(H2,30,31,32)(H2,33,34,35). The van der Waals surface area contributed by atoms with Crippen molar-refractivity contribution in [1.82, 2.24) is 9.80 Å². The highest BCUT2D eigenvalue weighted by molar-refractivity contribution is 7.72. The van der Waals surface area contributed by atoms with Crippen molar-refractivity contribution >= 4 is 50.0 Å². The second kappa shape index (κ2) is 14.1. The smallest absolute Gasteiger partial charge is 0.369 e. The lowest BCUT2D eigenvalue weighted by atomic mass is 9.94. The van der Waals surface area contributed by atoms with Crippen molar-refractivity contribution in [2.24, 2.45) is 0 Å². The molecule has 0 bridgehead atoms. The van der Waals surface area contributed by atoms with E-state index in [1.807, 2.05) is 36.1 Å². The van der Waals surface area contributed by atoms with Gasteiger partial charge < -0.3 is 34.5 Å². The summed E-state index contributed by atoms with van der Waals surface area (Å²) in [5, 5.41) is 6.62. The van der Waals surface area contributed by atoms with Crippen LogP contribution in [0.2, 0.25) is 0 Å². The van der Waals surface area contributed by atoms with E-state index in [1.165, 1.54) is 0 Å². The van der Waals surface area contributed by atoms with Gasteiger partial charge in [-0.3, -0.25) is 18.8 Å². The summed E-state index contributed by atoms with van der Waals surface area (Å²) in [6, 6.07) is 7.85. The largest absolute Gasteiger partial charge is 0.369 e. The first-order valence-corrected chi connectivity index (χ1v) is 16.4. The zero-order valence-electron chi connectivity index (χ0n) is 20.8. The van der Waals surface area contributed by atoms with Gasteiger partial charge in [-0.1, -0.05) is 19.1 Å². The Kier molecular flexibility index (Phi) is 12.4. The number of rotatable bonds is 14. The van der Waals surface area contributed by atoms with Crippen molar-refractivity contribution in [3.05, 3.63) is 29.8 Å². The Balaban J connectivity index is 1.94. The summed E-state index contributed by atoms with van der Waals surface area (Å²) in [5.74, 6) is 0.686. The molecular weight excluding hydrogens is 567 g/mol. The Morgan fingerprint density at radius 3 is 1.95 bits per heavy atom. The topological polar surface area (TPSA) is 162 Å². The molecule has 0 spiro atoms. The maximum Gasteiger partial charge on any atom is 0.369 e. The molecule has 0 aliphatic carbocycles. The van der Waals surface area contributed by atoms with Crippen LogP contribution in [0.3, 0.4) is 0 Å². The van der Waals surface area contributed by atoms with E-state index < -0.39 is 26.7 Å². The van der Waals surface area contributed by atoms with Crippen LogP contribution in [-0.2, 0) is 13.9 Å². The molecule has 0 aromatic heterocycles. The van der Waals surface area contributed by atoms with E-state index in [1.54, 1.807) is 4.90 Å². The highest BCUT2D eigenvalue weighted by Crippen LogP contribution is 2.69. The van der Waals surface area contributed by atoms with Crippen LogP contribution in [0.1, 0.15) is 37.7 Å². The van der Waals surface area contributed by atoms with E-state index in [9.17, 15) is 38.6 Å². The van der Waals surface area contributed by atoms with Crippen LogP contribution < -0.4 is 4.90 Å². The molecule has 1 aromatic rings. The minimum absolute atomic E-state index is 0.0191. The summed E-state index contributed by atoms with van der Waals surface area (Å²) in [4.78, 5) is 56.1. The van der Waals surface area contributed by atoms with Crippen LogP contribution in [-0.4, -0.2) is 103 Å². The fourth-order valence-corrected chi connectivity index (χ4v) is 7.12. The molecule has 1 aromatic carbocycles. The number of benzene rings is 1. The number of aliphatic hydroxyl groups is 1. The first kappa shape index (κ1) is 32.5. The van der Waals surface area contributed by atoms with Crippen molar-refractivity contribution in [3.8, 4) is 0 Å². The van der Waals surface area contributed by atoms with Gasteiger partial charge in [-0.25, -0.2) is 0 Å². The zero-order chi connectivity index (χ0) is 27.9. The summed E-state index contributed by atoms with van der Waals surface area (Å²) in [6.45, 7) is 5.47. The third-order valence-electron chi connectivity index (χ3n) is 6.68. The molecule has 1 unspecified atom stereocenters. The minimum Gasteiger partial charge on any atom is -0.369 e. The van der Waals surface area contributed by atoms with Gasteiger partial charge in [0, 0.05) is 63.1 Å². The molecule has 37 heavy (non-hydrogen) atoms. The number of amides is 1. The van der Waals surface area contributed by atoms with Gasteiger partial charge in [0.1, 0.15) is 0 Å². The second-order valence-corrected chi connectivity index (χ2v) is 13.8. The average Bonchev–Trinajstić information content (AvgIpc) is 2.83. The SMILES string of the molecule is CCC(C(=O)N1CCN(CCCC(O)(P(=O)(O)O)P(=O)(O)O)CC1)c1ccc(N(CCCl)CCCl)cc1. The zero-order valence-corrected chi connectivity index (χ0v) is 24.1. The maximum atomic E-state index is 13.3. The predicted molar refractivity (Wildman–Crippen MR) is 144 cm³/mol. The Labute approximate surface area is 227 Å². The molecule has 1 heterocycles. The van der Waals surface area contributed by atoms with Crippen molar-refractivity contribution in [3.63, 3.8) is 0 Å². The van der Waals surface area contributed by atoms with Crippen LogP contribution in [0, 0.1) is 0 Å². The van der Waals surface area contributed by atoms with E-state index in [0.717, 1.165) is 11.3 Å². The Hall–Kier alpha value is -0.710. The lowest BCUT2D eigenvalue weighted by Gasteiger charge is -2.37. The summed E-state index contributed by atoms with van der Waals surface area (Å²) in [5.41, 5.74) is 1.91. The van der Waals surface area contributed by atoms with Gasteiger partial charge in [0.15, 0.2) is 0 Å². The fraction of sp³-hybridized carbons (Fsp3) is 0.682. The van der Waals surface area contributed by atoms with E-state index in [-0.39, 0.29) is 24.8 Å². The lowest BCUT2D eigenvalue weighted by molar-refractivity contribution is -0.134. The molecule has 5 N–H and O–H groups in total. The number of carbonyl (C=O) groups is 1. The van der Waals surface area contributed by atoms with Crippen LogP contribution >= 0.6 is 38.4 Å². The molecule has 0 saturated carbocycles. The van der Waals surface area contributed by atoms with Crippen molar-refractivity contribution in [2.75, 3.05) is 62.5 Å². The number of alkyl halides is 2. The summed E-state index contributed by atoms with van der Waals surface area (Å²) < 4.78 is 23.0. The van der Waals surface area contributed by atoms with Gasteiger partial charge in [0.2, 0.25) is 5.91 Å². The normalized spacial score (nSPS) is 16.6. The number of hydrogen-bond donors (Lipinski definition) is 5. The Morgan fingerprint density at radius 2 is 1.51 bits per heavy atom. The van der Waals surface area contributed by atoms with Crippen molar-refractivity contribution < 1.29 is 38.6 Å². The van der Waals surface area contributed by atoms with Gasteiger partial charge in [-0.15, -0.1) is 23.2 Å². The quantitative estimate of drug-likeness (QED) is 0.158. The molecule has 1 amide bonds. The predicted octanol–water partition coefficient (Wildman–Crippen LogP) is 2.39. The molecule has 1 fully saturated rings. The number of anilines is 1. The lowest BCUT2D eigenvalue weighted by Crippen LogP contribution is -2.50. The van der Waals surface area contributed by atoms with E-state index in [0.29, 0.717) is 57.4 Å². The van der Waals surface area contributed by atoms with E-state index >= 15 is 0 Å². The summed E-state index contributed by atoms with van der Waals surface area (Å²) >= 11 is 11.8. The molecule has 11 nitrogen and oxygen atoms in total. The van der Waals surface area contributed by atoms with Crippen molar-refractivity contribution in [1.29, 1.82) is 0 Å². The number of piperazine rings is 1. The molecule has 15 heteroatoms. The van der Waals surface area contributed by atoms with Crippen LogP contribution in [0.4, 0.5) is 5.69 Å². The molecule has 1 aliphatic heterocycles. The van der Waals surface area contributed by atoms with Crippen molar-refractivity contribution in [2.45, 2.75) is 37.2 Å². The van der Waals surface area contributed by atoms with Gasteiger partial charge in [-0.2, -0.15) is 0 Å². The van der Waals surface area contributed by atoms with Crippen LogP contribution in [0.5, 0.6) is 0 Å². The highest BCUT2D eigenvalue weighted by Gasteiger charge is 2.58. The molecule has 1 atom stereocenters. The first-order valence-electron chi connectivity index (χ1n) is 12.1. The minimum atomic E-state index is -5.46.